The first-order valence-corrected chi connectivity index (χ1v) is 8.83. The van der Waals surface area contributed by atoms with Gasteiger partial charge in [-0.2, -0.15) is 0 Å². The molecule has 1 unspecified atom stereocenters. The van der Waals surface area contributed by atoms with E-state index in [4.69, 9.17) is 0 Å². The summed E-state index contributed by atoms with van der Waals surface area (Å²) in [6.07, 6.45) is 1.01. The van der Waals surface area contributed by atoms with Crippen LogP contribution in [0.5, 0.6) is 0 Å². The molecule has 0 amide bonds. The number of likely N-dealkylation sites (N-methyl/N-ethyl adjacent to an activating group) is 1. The van der Waals surface area contributed by atoms with Crippen LogP contribution in [0.2, 0.25) is 0 Å². The molecule has 21 heavy (non-hydrogen) atoms. The Morgan fingerprint density at radius 3 is 2.71 bits per heavy atom. The summed E-state index contributed by atoms with van der Waals surface area (Å²) in [6.45, 7) is 3.15. The van der Waals surface area contributed by atoms with Crippen LogP contribution in [-0.2, 0) is 6.42 Å². The molecule has 1 nitrogen and oxygen atoms in total. The largest absolute Gasteiger partial charge is 0.309 e. The number of fused-ring (bicyclic) bond motifs is 1. The average molecular weight is 360 g/mol. The topological polar surface area (TPSA) is 12.0 Å². The molecule has 0 fully saturated rings. The molecule has 0 saturated heterocycles. The van der Waals surface area contributed by atoms with Gasteiger partial charge in [0, 0.05) is 20.1 Å². The number of nitrogens with one attached hydrogen (secondary N) is 1. The van der Waals surface area contributed by atoms with Crippen molar-refractivity contribution >= 4 is 37.4 Å². The van der Waals surface area contributed by atoms with E-state index in [1.165, 1.54) is 20.5 Å². The van der Waals surface area contributed by atoms with Crippen molar-refractivity contribution in [1.29, 1.82) is 0 Å². The molecule has 0 saturated carbocycles. The molecule has 3 heteroatoms. The Hall–Kier alpha value is -1.16. The fourth-order valence-corrected chi connectivity index (χ4v) is 4.18. The summed E-state index contributed by atoms with van der Waals surface area (Å²) in [6, 6.07) is 19.9. The van der Waals surface area contributed by atoms with Crippen molar-refractivity contribution < 1.29 is 0 Å². The maximum Gasteiger partial charge on any atom is 0.0456 e. The minimum absolute atomic E-state index is 0.377. The lowest BCUT2D eigenvalue weighted by Crippen LogP contribution is -2.22. The second-order valence-corrected chi connectivity index (χ2v) is 7.16. The summed E-state index contributed by atoms with van der Waals surface area (Å²) in [4.78, 5) is 1.41. The van der Waals surface area contributed by atoms with E-state index >= 15 is 0 Å². The van der Waals surface area contributed by atoms with Crippen LogP contribution in [0.15, 0.2) is 59.1 Å². The molecule has 0 bridgehead atoms. The van der Waals surface area contributed by atoms with Crippen molar-refractivity contribution in [1.82, 2.24) is 5.32 Å². The van der Waals surface area contributed by atoms with Gasteiger partial charge in [-0.05, 0) is 48.2 Å². The Kier molecular flexibility index (Phi) is 4.73. The van der Waals surface area contributed by atoms with Crippen molar-refractivity contribution in [3.8, 4) is 0 Å². The summed E-state index contributed by atoms with van der Waals surface area (Å²) >= 11 is 5.45. The highest BCUT2D eigenvalue weighted by atomic mass is 79.9. The molecule has 2 aromatic carbocycles. The van der Waals surface area contributed by atoms with Crippen molar-refractivity contribution in [2.75, 3.05) is 6.54 Å². The normalized spacial score (nSPS) is 12.7. The SMILES string of the molecule is CCNC(Cc1cccc(Br)c1)c1cc2ccccc2s1. The fourth-order valence-electron chi connectivity index (χ4n) is 2.59. The van der Waals surface area contributed by atoms with Crippen molar-refractivity contribution in [3.05, 3.63) is 69.5 Å². The third-order valence-corrected chi connectivity index (χ3v) is 5.29. The quantitative estimate of drug-likeness (QED) is 0.628. The molecule has 1 N–H and O–H groups in total. The third kappa shape index (κ3) is 3.54. The van der Waals surface area contributed by atoms with Gasteiger partial charge in [-0.25, -0.2) is 0 Å². The standard InChI is InChI=1S/C18H18BrNS/c1-2-20-16(11-13-6-5-8-15(19)10-13)18-12-14-7-3-4-9-17(14)21-18/h3-10,12,16,20H,2,11H2,1H3. The van der Waals surface area contributed by atoms with E-state index in [1.54, 1.807) is 0 Å². The van der Waals surface area contributed by atoms with E-state index in [0.717, 1.165) is 17.4 Å². The van der Waals surface area contributed by atoms with Crippen LogP contribution in [0.4, 0.5) is 0 Å². The molecule has 0 radical (unpaired) electrons. The Morgan fingerprint density at radius 2 is 1.95 bits per heavy atom. The van der Waals surface area contributed by atoms with Gasteiger partial charge in [0.2, 0.25) is 0 Å². The van der Waals surface area contributed by atoms with Crippen molar-refractivity contribution in [2.45, 2.75) is 19.4 Å². The van der Waals surface area contributed by atoms with E-state index in [0.29, 0.717) is 6.04 Å². The second kappa shape index (κ2) is 6.73. The Morgan fingerprint density at radius 1 is 1.10 bits per heavy atom. The molecule has 3 rings (SSSR count). The summed E-state index contributed by atoms with van der Waals surface area (Å²) in [7, 11) is 0. The predicted molar refractivity (Wildman–Crippen MR) is 96.1 cm³/mol. The van der Waals surface area contributed by atoms with Gasteiger partial charge in [0.1, 0.15) is 0 Å². The van der Waals surface area contributed by atoms with Gasteiger partial charge in [-0.1, -0.05) is 53.2 Å². The van der Waals surface area contributed by atoms with Crippen LogP contribution < -0.4 is 5.32 Å². The number of benzene rings is 2. The van der Waals surface area contributed by atoms with Gasteiger partial charge in [0.25, 0.3) is 0 Å². The van der Waals surface area contributed by atoms with Crippen LogP contribution in [0.1, 0.15) is 23.4 Å². The van der Waals surface area contributed by atoms with Crippen molar-refractivity contribution in [2.24, 2.45) is 0 Å². The molecule has 0 aliphatic carbocycles. The highest BCUT2D eigenvalue weighted by Gasteiger charge is 2.14. The predicted octanol–water partition coefficient (Wildman–Crippen LogP) is 5.56. The van der Waals surface area contributed by atoms with Crippen LogP contribution in [0, 0.1) is 0 Å². The van der Waals surface area contributed by atoms with Crippen LogP contribution in [-0.4, -0.2) is 6.54 Å². The van der Waals surface area contributed by atoms with Gasteiger partial charge in [-0.15, -0.1) is 11.3 Å². The second-order valence-electron chi connectivity index (χ2n) is 5.13. The molecular formula is C18H18BrNS. The minimum Gasteiger partial charge on any atom is -0.309 e. The molecule has 108 valence electrons. The van der Waals surface area contributed by atoms with E-state index < -0.39 is 0 Å². The van der Waals surface area contributed by atoms with Crippen molar-refractivity contribution in [3.63, 3.8) is 0 Å². The van der Waals surface area contributed by atoms with E-state index in [-0.39, 0.29) is 0 Å². The number of rotatable bonds is 5. The van der Waals surface area contributed by atoms with Gasteiger partial charge in [-0.3, -0.25) is 0 Å². The van der Waals surface area contributed by atoms with E-state index in [2.05, 4.69) is 82.8 Å². The molecule has 3 aromatic rings. The number of halogens is 1. The highest BCUT2D eigenvalue weighted by molar-refractivity contribution is 9.10. The monoisotopic (exact) mass is 359 g/mol. The molecule has 1 atom stereocenters. The maximum atomic E-state index is 3.62. The first-order chi connectivity index (χ1) is 10.3. The first kappa shape index (κ1) is 14.8. The van der Waals surface area contributed by atoms with Gasteiger partial charge >= 0.3 is 0 Å². The molecular weight excluding hydrogens is 342 g/mol. The smallest absolute Gasteiger partial charge is 0.0456 e. The molecule has 0 spiro atoms. The Balaban J connectivity index is 1.90. The average Bonchev–Trinajstić information content (AvgIpc) is 2.91. The van der Waals surface area contributed by atoms with Crippen LogP contribution >= 0.6 is 27.3 Å². The van der Waals surface area contributed by atoms with Gasteiger partial charge in [0.15, 0.2) is 0 Å². The summed E-state index contributed by atoms with van der Waals surface area (Å²) in [5.41, 5.74) is 1.35. The van der Waals surface area contributed by atoms with Crippen LogP contribution in [0.3, 0.4) is 0 Å². The van der Waals surface area contributed by atoms with Gasteiger partial charge < -0.3 is 5.32 Å². The third-order valence-electron chi connectivity index (χ3n) is 3.57. The zero-order valence-corrected chi connectivity index (χ0v) is 14.4. The zero-order chi connectivity index (χ0) is 14.7. The van der Waals surface area contributed by atoms with E-state index in [9.17, 15) is 0 Å². The Labute approximate surface area is 138 Å². The first-order valence-electron chi connectivity index (χ1n) is 7.22. The van der Waals surface area contributed by atoms with Crippen LogP contribution in [0.25, 0.3) is 10.1 Å². The lowest BCUT2D eigenvalue weighted by molar-refractivity contribution is 0.558. The fraction of sp³-hybridized carbons (Fsp3) is 0.222. The molecule has 1 aromatic heterocycles. The number of hydrogen-bond donors (Lipinski definition) is 1. The summed E-state index contributed by atoms with van der Waals surface area (Å²) < 4.78 is 2.51. The number of hydrogen-bond acceptors (Lipinski definition) is 2. The molecule has 0 aliphatic heterocycles. The van der Waals surface area contributed by atoms with E-state index in [1.807, 2.05) is 11.3 Å². The Bertz CT molecular complexity index is 702. The summed E-state index contributed by atoms with van der Waals surface area (Å²) in [5.74, 6) is 0. The summed E-state index contributed by atoms with van der Waals surface area (Å²) in [5, 5.41) is 4.97. The highest BCUT2D eigenvalue weighted by Crippen LogP contribution is 2.31. The zero-order valence-electron chi connectivity index (χ0n) is 12.0. The minimum atomic E-state index is 0.377. The lowest BCUT2D eigenvalue weighted by Gasteiger charge is -2.16. The lowest BCUT2D eigenvalue weighted by atomic mass is 10.0. The maximum absolute atomic E-state index is 3.62. The molecule has 0 aliphatic rings. The molecule has 1 heterocycles. The number of thiophene rings is 1. The van der Waals surface area contributed by atoms with Gasteiger partial charge in [0.05, 0.1) is 0 Å².